The van der Waals surface area contributed by atoms with Crippen molar-refractivity contribution in [3.63, 3.8) is 0 Å². The molecule has 6 nitrogen and oxygen atoms in total. The van der Waals surface area contributed by atoms with E-state index in [4.69, 9.17) is 15.9 Å². The molecule has 2 aromatic carbocycles. The summed E-state index contributed by atoms with van der Waals surface area (Å²) >= 11 is 0. The Hall–Kier alpha value is -3.16. The molecule has 0 saturated heterocycles. The number of anilines is 1. The van der Waals surface area contributed by atoms with Gasteiger partial charge in [0.15, 0.2) is 5.71 Å². The molecule has 0 fully saturated rings. The molecule has 0 bridgehead atoms. The summed E-state index contributed by atoms with van der Waals surface area (Å²) in [6.45, 7) is 0. The molecular formula is C20H18N2O4S. The molecule has 27 heavy (non-hydrogen) atoms. The third-order valence-corrected chi connectivity index (χ3v) is 4.98. The topological polar surface area (TPSA) is 118 Å². The zero-order chi connectivity index (χ0) is 19.6. The largest absolute Gasteiger partial charge is 0.744 e. The highest BCUT2D eigenvalue weighted by atomic mass is 32.2. The smallest absolute Gasteiger partial charge is 0.196 e. The number of nitrogen functional groups attached to an aromatic ring is 1. The molecule has 2 aromatic rings. The summed E-state index contributed by atoms with van der Waals surface area (Å²) in [6.07, 6.45) is 7.16. The highest BCUT2D eigenvalue weighted by Gasteiger charge is 2.16. The predicted molar refractivity (Wildman–Crippen MR) is 103 cm³/mol. The predicted octanol–water partition coefficient (Wildman–Crippen LogP) is 1.31. The van der Waals surface area contributed by atoms with Gasteiger partial charge in [-0.2, -0.15) is 0 Å². The second-order valence-corrected chi connectivity index (χ2v) is 7.29. The molecule has 1 aliphatic rings. The van der Waals surface area contributed by atoms with E-state index in [-0.39, 0.29) is 5.75 Å². The van der Waals surface area contributed by atoms with Gasteiger partial charge in [-0.25, -0.2) is 8.42 Å². The molecule has 0 amide bonds. The minimum absolute atomic E-state index is 0.00251. The lowest BCUT2D eigenvalue weighted by Gasteiger charge is -2.17. The maximum atomic E-state index is 11.7. The summed E-state index contributed by atoms with van der Waals surface area (Å²) in [7, 11) is -3.39. The minimum Gasteiger partial charge on any atom is -0.744 e. The Kier molecular flexibility index (Phi) is 4.98. The normalized spacial score (nSPS) is 13.7. The molecule has 4 N–H and O–H groups in total. The van der Waals surface area contributed by atoms with E-state index in [1.165, 1.54) is 19.2 Å². The first-order chi connectivity index (χ1) is 12.8. The van der Waals surface area contributed by atoms with Crippen LogP contribution in [-0.2, 0) is 10.1 Å². The van der Waals surface area contributed by atoms with E-state index in [0.29, 0.717) is 17.0 Å². The van der Waals surface area contributed by atoms with E-state index in [9.17, 15) is 13.0 Å². The van der Waals surface area contributed by atoms with Gasteiger partial charge in [0.05, 0.1) is 12.0 Å². The van der Waals surface area contributed by atoms with Gasteiger partial charge in [0, 0.05) is 17.8 Å². The number of rotatable bonds is 4. The molecule has 0 radical (unpaired) electrons. The lowest BCUT2D eigenvalue weighted by molar-refractivity contribution is -0.110. The molecule has 3 rings (SSSR count). The standard InChI is InChI=1S/C20H18N2O4S/c1-26-18-11-6-15(12-19(18)27(23,24)25)20(13-2-7-16(21)8-3-13)14-4-9-17(22)10-5-14/h2-12,21H,22H2,1H3,(H,23,24,25). The minimum atomic E-state index is -4.71. The van der Waals surface area contributed by atoms with Crippen LogP contribution in [0, 0.1) is 0 Å². The first-order valence-electron chi connectivity index (χ1n) is 8.02. The number of hydrogen-bond acceptors (Lipinski definition) is 5. The Balaban J connectivity index is 2.28. The third-order valence-electron chi connectivity index (χ3n) is 4.12. The number of ether oxygens (including phenoxy) is 1. The zero-order valence-corrected chi connectivity index (χ0v) is 15.4. The van der Waals surface area contributed by atoms with Crippen LogP contribution in [0.5, 0.6) is 5.75 Å². The van der Waals surface area contributed by atoms with Crippen molar-refractivity contribution in [2.24, 2.45) is 0 Å². The van der Waals surface area contributed by atoms with Crippen molar-refractivity contribution in [3.05, 3.63) is 83.5 Å². The van der Waals surface area contributed by atoms with Crippen LogP contribution in [0.2, 0.25) is 0 Å². The van der Waals surface area contributed by atoms with Crippen LogP contribution in [-0.4, -0.2) is 25.8 Å². The fourth-order valence-electron chi connectivity index (χ4n) is 2.83. The zero-order valence-electron chi connectivity index (χ0n) is 14.5. The molecule has 1 aliphatic carbocycles. The number of nitrogens with two attached hydrogens (primary N) is 2. The van der Waals surface area contributed by atoms with Crippen LogP contribution in [0.15, 0.2) is 77.2 Å². The van der Waals surface area contributed by atoms with Crippen molar-refractivity contribution in [2.75, 3.05) is 12.8 Å². The number of methoxy groups -OCH3 is 1. The highest BCUT2D eigenvalue weighted by molar-refractivity contribution is 7.85. The van der Waals surface area contributed by atoms with E-state index in [2.05, 4.69) is 0 Å². The van der Waals surface area contributed by atoms with Crippen LogP contribution < -0.4 is 15.9 Å². The molecule has 0 aliphatic heterocycles. The lowest BCUT2D eigenvalue weighted by atomic mass is 9.90. The van der Waals surface area contributed by atoms with Crippen molar-refractivity contribution in [3.8, 4) is 5.75 Å². The third kappa shape index (κ3) is 3.99. The van der Waals surface area contributed by atoms with Gasteiger partial charge in [-0.1, -0.05) is 18.2 Å². The van der Waals surface area contributed by atoms with Gasteiger partial charge in [-0.15, -0.1) is 0 Å². The fourth-order valence-corrected chi connectivity index (χ4v) is 3.50. The number of benzene rings is 2. The van der Waals surface area contributed by atoms with Crippen LogP contribution in [0.4, 0.5) is 5.69 Å². The monoisotopic (exact) mass is 382 g/mol. The summed E-state index contributed by atoms with van der Waals surface area (Å²) in [4.78, 5) is -0.411. The summed E-state index contributed by atoms with van der Waals surface area (Å²) in [5, 5.41) is 5.78. The summed E-state index contributed by atoms with van der Waals surface area (Å²) in [6, 6.07) is 11.7. The molecule has 0 heterocycles. The second kappa shape index (κ2) is 7.22. The first-order valence-corrected chi connectivity index (χ1v) is 9.43. The fraction of sp³-hybridized carbons (Fsp3) is 0.0500. The van der Waals surface area contributed by atoms with E-state index in [0.717, 1.165) is 16.7 Å². The van der Waals surface area contributed by atoms with Crippen molar-refractivity contribution in [2.45, 2.75) is 4.90 Å². The molecule has 7 heteroatoms. The number of allylic oxidation sites excluding steroid dienone is 5. The average molecular weight is 382 g/mol. The van der Waals surface area contributed by atoms with Gasteiger partial charge in [0.1, 0.15) is 15.9 Å². The Labute approximate surface area is 157 Å². The van der Waals surface area contributed by atoms with Crippen LogP contribution in [0.3, 0.4) is 0 Å². The van der Waals surface area contributed by atoms with Crippen molar-refractivity contribution in [1.29, 1.82) is 0 Å². The van der Waals surface area contributed by atoms with Crippen LogP contribution in [0.1, 0.15) is 11.1 Å². The molecule has 0 atom stereocenters. The Morgan fingerprint density at radius 1 is 1.00 bits per heavy atom. The summed E-state index contributed by atoms with van der Waals surface area (Å²) < 4.78 is 40.0. The van der Waals surface area contributed by atoms with E-state index in [1.54, 1.807) is 30.4 Å². The van der Waals surface area contributed by atoms with Gasteiger partial charge in [-0.05, 0) is 58.7 Å². The van der Waals surface area contributed by atoms with Gasteiger partial charge < -0.3 is 15.0 Å². The van der Waals surface area contributed by atoms with Gasteiger partial charge in [-0.3, -0.25) is 5.41 Å². The van der Waals surface area contributed by atoms with Gasteiger partial charge >= 0.3 is 0 Å². The summed E-state index contributed by atoms with van der Waals surface area (Å²) in [5.74, 6) is 0.00251. The summed E-state index contributed by atoms with van der Waals surface area (Å²) in [5.41, 5.74) is 9.91. The van der Waals surface area contributed by atoms with Gasteiger partial charge in [0.2, 0.25) is 0 Å². The maximum Gasteiger partial charge on any atom is 0.196 e. The molecule has 138 valence electrons. The van der Waals surface area contributed by atoms with Crippen molar-refractivity contribution < 1.29 is 23.1 Å². The van der Waals surface area contributed by atoms with Crippen LogP contribution >= 0.6 is 0 Å². The van der Waals surface area contributed by atoms with E-state index < -0.39 is 15.0 Å². The molecule has 0 aromatic heterocycles. The Morgan fingerprint density at radius 3 is 2.15 bits per heavy atom. The molecule has 0 spiro atoms. The van der Waals surface area contributed by atoms with Crippen LogP contribution in [0.25, 0.3) is 5.57 Å². The average Bonchev–Trinajstić information content (AvgIpc) is 2.64. The first kappa shape index (κ1) is 18.6. The highest BCUT2D eigenvalue weighted by Crippen LogP contribution is 2.34. The van der Waals surface area contributed by atoms with Crippen molar-refractivity contribution >= 4 is 27.1 Å². The molecule has 0 unspecified atom stereocenters. The Bertz CT molecular complexity index is 1080. The molecule has 0 saturated carbocycles. The van der Waals surface area contributed by atoms with Gasteiger partial charge in [0.25, 0.3) is 0 Å². The maximum absolute atomic E-state index is 11.7. The van der Waals surface area contributed by atoms with E-state index >= 15 is 0 Å². The SMILES string of the molecule is COc1ccc(C(=C2C=CC(=[NH2+])C=C2)c2ccc(N)cc2)cc1S(=O)(=O)[O-]. The Morgan fingerprint density at radius 2 is 1.59 bits per heavy atom. The van der Waals surface area contributed by atoms with E-state index in [1.807, 2.05) is 24.3 Å². The quantitative estimate of drug-likeness (QED) is 0.610. The molecular weight excluding hydrogens is 364 g/mol. The second-order valence-electron chi connectivity index (χ2n) is 5.94. The number of hydrogen-bond donors (Lipinski definition) is 2. The van der Waals surface area contributed by atoms with Crippen molar-refractivity contribution in [1.82, 2.24) is 0 Å². The lowest BCUT2D eigenvalue weighted by Crippen LogP contribution is -2.37.